The molecule has 0 fully saturated rings. The lowest BCUT2D eigenvalue weighted by atomic mass is 10.2. The highest BCUT2D eigenvalue weighted by Crippen LogP contribution is 2.07. The molecule has 3 N–H and O–H groups in total. The Morgan fingerprint density at radius 1 is 0.840 bits per heavy atom. The molecule has 0 aromatic heterocycles. The summed E-state index contributed by atoms with van der Waals surface area (Å²) in [5.41, 5.74) is -0.705. The van der Waals surface area contributed by atoms with Gasteiger partial charge in [-0.05, 0) is 33.6 Å². The number of unbranched alkanes of at least 4 members (excludes halogenated alkanes) is 4. The van der Waals surface area contributed by atoms with Crippen LogP contribution in [0.3, 0.4) is 0 Å². The van der Waals surface area contributed by atoms with Crippen molar-refractivity contribution >= 4 is 17.9 Å². The van der Waals surface area contributed by atoms with Gasteiger partial charge in [-0.3, -0.25) is 9.59 Å². The summed E-state index contributed by atoms with van der Waals surface area (Å²) in [5.74, 6) is -1.04. The molecule has 0 saturated heterocycles. The van der Waals surface area contributed by atoms with Gasteiger partial charge in [-0.2, -0.15) is 0 Å². The molecule has 0 aliphatic heterocycles. The molecule has 0 aromatic carbocycles. The summed E-state index contributed by atoms with van der Waals surface area (Å²) in [6.45, 7) is 10.2. The lowest BCUT2D eigenvalue weighted by Gasteiger charge is -2.23. The smallest absolute Gasteiger partial charge is 0.408 e. The van der Waals surface area contributed by atoms with E-state index in [1.165, 1.54) is 0 Å². The van der Waals surface area contributed by atoms with Crippen molar-refractivity contribution in [3.05, 3.63) is 0 Å². The third kappa shape index (κ3) is 12.3. The lowest BCUT2D eigenvalue weighted by Crippen LogP contribution is -2.56. The molecule has 0 atom stereocenters. The standard InChI is InChI=1S/C18H35N3O4/c1-6-8-10-12-19-15(22)14(16(23)20-13-11-9-7-2)21-17(24)25-18(3,4)5/h14H,6-13H2,1-5H3,(H,19,22)(H,20,23)(H,21,24). The fourth-order valence-corrected chi connectivity index (χ4v) is 2.05. The van der Waals surface area contributed by atoms with E-state index in [9.17, 15) is 14.4 Å². The van der Waals surface area contributed by atoms with Crippen molar-refractivity contribution in [2.45, 2.75) is 84.8 Å². The average molecular weight is 357 g/mol. The Hall–Kier alpha value is -1.79. The van der Waals surface area contributed by atoms with Gasteiger partial charge in [0.1, 0.15) is 5.60 Å². The van der Waals surface area contributed by atoms with E-state index in [0.29, 0.717) is 13.1 Å². The Bertz CT molecular complexity index is 395. The number of rotatable bonds is 11. The topological polar surface area (TPSA) is 96.5 Å². The van der Waals surface area contributed by atoms with Crippen LogP contribution in [0.15, 0.2) is 0 Å². The Morgan fingerprint density at radius 2 is 1.28 bits per heavy atom. The number of carbonyl (C=O) groups is 3. The summed E-state index contributed by atoms with van der Waals surface area (Å²) in [4.78, 5) is 36.5. The molecular weight excluding hydrogens is 322 g/mol. The normalized spacial score (nSPS) is 11.1. The molecule has 0 aromatic rings. The second-order valence-electron chi connectivity index (χ2n) is 7.08. The van der Waals surface area contributed by atoms with Gasteiger partial charge in [-0.25, -0.2) is 4.79 Å². The minimum atomic E-state index is -1.29. The van der Waals surface area contributed by atoms with Gasteiger partial charge in [-0.1, -0.05) is 39.5 Å². The van der Waals surface area contributed by atoms with Gasteiger partial charge in [0.25, 0.3) is 11.8 Å². The first-order valence-corrected chi connectivity index (χ1v) is 9.26. The number of nitrogens with one attached hydrogen (secondary N) is 3. The highest BCUT2D eigenvalue weighted by Gasteiger charge is 2.30. The molecule has 0 saturated carbocycles. The van der Waals surface area contributed by atoms with Crippen molar-refractivity contribution < 1.29 is 19.1 Å². The van der Waals surface area contributed by atoms with E-state index in [1.54, 1.807) is 20.8 Å². The Labute approximate surface area is 151 Å². The second-order valence-corrected chi connectivity index (χ2v) is 7.08. The quantitative estimate of drug-likeness (QED) is 0.391. The molecule has 0 bridgehead atoms. The SMILES string of the molecule is CCCCCNC(=O)C(NC(=O)OC(C)(C)C)C(=O)NCCCCC. The van der Waals surface area contributed by atoms with Crippen molar-refractivity contribution in [1.29, 1.82) is 0 Å². The molecule has 0 aliphatic rings. The maximum absolute atomic E-state index is 12.3. The monoisotopic (exact) mass is 357 g/mol. The van der Waals surface area contributed by atoms with Crippen LogP contribution >= 0.6 is 0 Å². The molecular formula is C18H35N3O4. The molecule has 7 heteroatoms. The predicted octanol–water partition coefficient (Wildman–Crippen LogP) is 2.49. The molecule has 25 heavy (non-hydrogen) atoms. The van der Waals surface area contributed by atoms with Crippen LogP contribution in [-0.4, -0.2) is 42.6 Å². The van der Waals surface area contributed by atoms with Crippen molar-refractivity contribution in [2.75, 3.05) is 13.1 Å². The first kappa shape index (κ1) is 23.2. The number of hydrogen-bond acceptors (Lipinski definition) is 4. The van der Waals surface area contributed by atoms with Crippen LogP contribution < -0.4 is 16.0 Å². The molecule has 0 aliphatic carbocycles. The van der Waals surface area contributed by atoms with Crippen molar-refractivity contribution in [2.24, 2.45) is 0 Å². The molecule has 0 unspecified atom stereocenters. The summed E-state index contributed by atoms with van der Waals surface area (Å²) < 4.78 is 5.14. The van der Waals surface area contributed by atoms with Crippen LogP contribution in [0.25, 0.3) is 0 Å². The number of amides is 3. The van der Waals surface area contributed by atoms with Gasteiger partial charge in [0.2, 0.25) is 0 Å². The number of carbonyl (C=O) groups excluding carboxylic acids is 3. The Morgan fingerprint density at radius 3 is 1.64 bits per heavy atom. The van der Waals surface area contributed by atoms with Gasteiger partial charge >= 0.3 is 6.09 Å². The summed E-state index contributed by atoms with van der Waals surface area (Å²) in [5, 5.41) is 7.77. The molecule has 3 amide bonds. The van der Waals surface area contributed by atoms with Crippen LogP contribution in [0.1, 0.15) is 73.1 Å². The zero-order valence-electron chi connectivity index (χ0n) is 16.4. The lowest BCUT2D eigenvalue weighted by molar-refractivity contribution is -0.132. The predicted molar refractivity (Wildman–Crippen MR) is 98.2 cm³/mol. The van der Waals surface area contributed by atoms with E-state index in [2.05, 4.69) is 29.8 Å². The maximum Gasteiger partial charge on any atom is 0.408 e. The zero-order valence-corrected chi connectivity index (χ0v) is 16.4. The number of alkyl carbamates (subject to hydrolysis) is 1. The van der Waals surface area contributed by atoms with E-state index in [4.69, 9.17) is 4.74 Å². The first-order chi connectivity index (χ1) is 11.7. The fraction of sp³-hybridized carbons (Fsp3) is 0.833. The largest absolute Gasteiger partial charge is 0.444 e. The molecule has 0 spiro atoms. The highest BCUT2D eigenvalue weighted by molar-refractivity contribution is 6.06. The van der Waals surface area contributed by atoms with Gasteiger partial charge in [0, 0.05) is 13.1 Å². The van der Waals surface area contributed by atoms with Crippen molar-refractivity contribution in [1.82, 2.24) is 16.0 Å². The minimum Gasteiger partial charge on any atom is -0.444 e. The van der Waals surface area contributed by atoms with Crippen LogP contribution in [0.2, 0.25) is 0 Å². The molecule has 146 valence electrons. The summed E-state index contributed by atoms with van der Waals surface area (Å²) in [7, 11) is 0. The molecule has 0 radical (unpaired) electrons. The average Bonchev–Trinajstić information content (AvgIpc) is 2.51. The molecule has 0 heterocycles. The Balaban J connectivity index is 4.70. The Kier molecular flexibility index (Phi) is 11.7. The summed E-state index contributed by atoms with van der Waals surface area (Å²) in [6, 6.07) is -1.29. The maximum atomic E-state index is 12.3. The van der Waals surface area contributed by atoms with Gasteiger partial charge in [0.15, 0.2) is 6.04 Å². The molecule has 0 rings (SSSR count). The van der Waals surface area contributed by atoms with E-state index in [-0.39, 0.29) is 0 Å². The van der Waals surface area contributed by atoms with Crippen molar-refractivity contribution in [3.8, 4) is 0 Å². The second kappa shape index (κ2) is 12.6. The first-order valence-electron chi connectivity index (χ1n) is 9.26. The van der Waals surface area contributed by atoms with E-state index in [0.717, 1.165) is 38.5 Å². The van der Waals surface area contributed by atoms with Crippen LogP contribution in [0.4, 0.5) is 4.79 Å². The summed E-state index contributed by atoms with van der Waals surface area (Å²) in [6.07, 6.45) is 4.94. The summed E-state index contributed by atoms with van der Waals surface area (Å²) >= 11 is 0. The number of ether oxygens (including phenoxy) is 1. The van der Waals surface area contributed by atoms with Crippen LogP contribution in [-0.2, 0) is 14.3 Å². The zero-order chi connectivity index (χ0) is 19.3. The number of hydrogen-bond donors (Lipinski definition) is 3. The minimum absolute atomic E-state index is 0.474. The van der Waals surface area contributed by atoms with E-state index >= 15 is 0 Å². The van der Waals surface area contributed by atoms with E-state index in [1.807, 2.05) is 0 Å². The van der Waals surface area contributed by atoms with Crippen LogP contribution in [0, 0.1) is 0 Å². The third-order valence-corrected chi connectivity index (χ3v) is 3.34. The fourth-order valence-electron chi connectivity index (χ4n) is 2.05. The van der Waals surface area contributed by atoms with Crippen LogP contribution in [0.5, 0.6) is 0 Å². The van der Waals surface area contributed by atoms with Gasteiger partial charge in [-0.15, -0.1) is 0 Å². The van der Waals surface area contributed by atoms with Gasteiger partial charge in [0.05, 0.1) is 0 Å². The third-order valence-electron chi connectivity index (χ3n) is 3.34. The van der Waals surface area contributed by atoms with Gasteiger partial charge < -0.3 is 20.7 Å². The van der Waals surface area contributed by atoms with Crippen molar-refractivity contribution in [3.63, 3.8) is 0 Å². The van der Waals surface area contributed by atoms with E-state index < -0.39 is 29.6 Å². The highest BCUT2D eigenvalue weighted by atomic mass is 16.6. The molecule has 7 nitrogen and oxygen atoms in total.